The third kappa shape index (κ3) is 3.20. The summed E-state index contributed by atoms with van der Waals surface area (Å²) < 4.78 is 0. The highest BCUT2D eigenvalue weighted by molar-refractivity contribution is 5.48. The lowest BCUT2D eigenvalue weighted by atomic mass is 9.71. The molecule has 0 amide bonds. The van der Waals surface area contributed by atoms with E-state index in [-0.39, 0.29) is 5.41 Å². The molecule has 0 aromatic heterocycles. The van der Waals surface area contributed by atoms with Crippen LogP contribution in [0.25, 0.3) is 0 Å². The molecule has 124 valence electrons. The molecule has 0 bridgehead atoms. The average Bonchev–Trinajstić information content (AvgIpc) is 3.02. The summed E-state index contributed by atoms with van der Waals surface area (Å²) in [5, 5.41) is 0. The van der Waals surface area contributed by atoms with Crippen LogP contribution in [0, 0.1) is 17.3 Å². The second-order valence-electron chi connectivity index (χ2n) is 8.51. The van der Waals surface area contributed by atoms with Gasteiger partial charge in [-0.3, -0.25) is 0 Å². The third-order valence-corrected chi connectivity index (χ3v) is 6.55. The van der Waals surface area contributed by atoms with Crippen LogP contribution in [-0.2, 0) is 0 Å². The molecule has 2 N–H and O–H groups in total. The van der Waals surface area contributed by atoms with Crippen molar-refractivity contribution < 1.29 is 0 Å². The molecule has 0 spiro atoms. The lowest BCUT2D eigenvalue weighted by molar-refractivity contribution is 0.366. The Kier molecular flexibility index (Phi) is 5.12. The van der Waals surface area contributed by atoms with Gasteiger partial charge in [0.1, 0.15) is 0 Å². The number of nitrogens with two attached hydrogens (primary N) is 1. The van der Waals surface area contributed by atoms with Crippen LogP contribution < -0.4 is 5.73 Å². The van der Waals surface area contributed by atoms with Gasteiger partial charge in [0.25, 0.3) is 0 Å². The van der Waals surface area contributed by atoms with E-state index in [0.29, 0.717) is 0 Å². The molecule has 1 nitrogen and oxygen atoms in total. The molecule has 2 saturated carbocycles. The fraction of sp³-hybridized carbons (Fsp3) is 0.810. The quantitative estimate of drug-likeness (QED) is 0.702. The summed E-state index contributed by atoms with van der Waals surface area (Å²) in [6.07, 6.45) is 18.1. The Hall–Kier alpha value is -0.560. The summed E-state index contributed by atoms with van der Waals surface area (Å²) >= 11 is 0. The molecular weight excluding hydrogens is 266 g/mol. The number of rotatable bonds is 4. The average molecular weight is 302 g/mol. The van der Waals surface area contributed by atoms with Crippen molar-refractivity contribution in [2.75, 3.05) is 6.54 Å². The van der Waals surface area contributed by atoms with Crippen molar-refractivity contribution in [1.29, 1.82) is 0 Å². The van der Waals surface area contributed by atoms with Crippen LogP contribution in [0.15, 0.2) is 22.8 Å². The molecule has 0 aromatic rings. The van der Waals surface area contributed by atoms with Crippen molar-refractivity contribution in [3.63, 3.8) is 0 Å². The molecular formula is C21H35N. The molecule has 22 heavy (non-hydrogen) atoms. The Morgan fingerprint density at radius 3 is 2.00 bits per heavy atom. The van der Waals surface area contributed by atoms with E-state index >= 15 is 0 Å². The van der Waals surface area contributed by atoms with Crippen LogP contribution in [0.2, 0.25) is 0 Å². The van der Waals surface area contributed by atoms with Gasteiger partial charge < -0.3 is 5.73 Å². The molecule has 3 aliphatic rings. The highest BCUT2D eigenvalue weighted by Gasteiger charge is 2.35. The minimum Gasteiger partial charge on any atom is -0.330 e. The van der Waals surface area contributed by atoms with Crippen LogP contribution in [0.1, 0.15) is 84.5 Å². The Morgan fingerprint density at radius 2 is 1.45 bits per heavy atom. The fourth-order valence-corrected chi connectivity index (χ4v) is 5.04. The van der Waals surface area contributed by atoms with Gasteiger partial charge in [0.2, 0.25) is 0 Å². The maximum Gasteiger partial charge on any atom is 0.00119 e. The zero-order chi connectivity index (χ0) is 15.6. The molecule has 0 atom stereocenters. The van der Waals surface area contributed by atoms with Gasteiger partial charge in [0.15, 0.2) is 0 Å². The van der Waals surface area contributed by atoms with E-state index < -0.39 is 0 Å². The topological polar surface area (TPSA) is 26.0 Å². The maximum atomic E-state index is 6.14. The van der Waals surface area contributed by atoms with Crippen molar-refractivity contribution in [2.24, 2.45) is 23.0 Å². The molecule has 2 fully saturated rings. The van der Waals surface area contributed by atoms with E-state index in [1.807, 2.05) is 0 Å². The Morgan fingerprint density at radius 1 is 0.909 bits per heavy atom. The van der Waals surface area contributed by atoms with E-state index in [4.69, 9.17) is 5.73 Å². The first-order valence-corrected chi connectivity index (χ1v) is 9.77. The number of hydrogen-bond donors (Lipinski definition) is 1. The highest BCUT2D eigenvalue weighted by atomic mass is 14.6. The first kappa shape index (κ1) is 16.3. The first-order chi connectivity index (χ1) is 10.6. The van der Waals surface area contributed by atoms with Crippen LogP contribution in [-0.4, -0.2) is 6.54 Å². The lowest BCUT2D eigenvalue weighted by Crippen LogP contribution is -2.28. The summed E-state index contributed by atoms with van der Waals surface area (Å²) in [6.45, 7) is 5.51. The Bertz CT molecular complexity index is 443. The number of hydrogen-bond acceptors (Lipinski definition) is 1. The zero-order valence-electron chi connectivity index (χ0n) is 14.8. The van der Waals surface area contributed by atoms with Crippen molar-refractivity contribution in [3.8, 4) is 0 Å². The minimum atomic E-state index is 0.180. The third-order valence-electron chi connectivity index (χ3n) is 6.55. The minimum absolute atomic E-state index is 0.180. The van der Waals surface area contributed by atoms with Gasteiger partial charge in [-0.1, -0.05) is 64.0 Å². The molecule has 0 unspecified atom stereocenters. The van der Waals surface area contributed by atoms with Gasteiger partial charge in [0, 0.05) is 6.54 Å². The van der Waals surface area contributed by atoms with E-state index in [0.717, 1.165) is 18.4 Å². The monoisotopic (exact) mass is 301 g/mol. The second-order valence-corrected chi connectivity index (χ2v) is 8.51. The lowest BCUT2D eigenvalue weighted by Gasteiger charge is -2.34. The summed E-state index contributed by atoms with van der Waals surface area (Å²) in [5.41, 5.74) is 11.6. The van der Waals surface area contributed by atoms with Crippen molar-refractivity contribution in [2.45, 2.75) is 84.5 Å². The molecule has 0 aliphatic heterocycles. The zero-order valence-corrected chi connectivity index (χ0v) is 14.8. The summed E-state index contributed by atoms with van der Waals surface area (Å²) in [7, 11) is 0. The van der Waals surface area contributed by atoms with Crippen LogP contribution in [0.5, 0.6) is 0 Å². The summed E-state index contributed by atoms with van der Waals surface area (Å²) in [6, 6.07) is 0. The van der Waals surface area contributed by atoms with Gasteiger partial charge in [-0.15, -0.1) is 0 Å². The molecule has 3 rings (SSSR count). The maximum absolute atomic E-state index is 6.14. The second kappa shape index (κ2) is 6.91. The highest BCUT2D eigenvalue weighted by Crippen LogP contribution is 2.49. The Labute approximate surface area is 137 Å². The fourth-order valence-electron chi connectivity index (χ4n) is 5.04. The predicted octanol–water partition coefficient (Wildman–Crippen LogP) is 5.76. The Balaban J connectivity index is 1.91. The number of allylic oxidation sites excluding steroid dienone is 3. The van der Waals surface area contributed by atoms with Crippen molar-refractivity contribution in [1.82, 2.24) is 0 Å². The molecule has 1 heteroatoms. The van der Waals surface area contributed by atoms with Gasteiger partial charge in [0.05, 0.1) is 0 Å². The van der Waals surface area contributed by atoms with Gasteiger partial charge in [-0.25, -0.2) is 0 Å². The summed E-state index contributed by atoms with van der Waals surface area (Å²) in [5.74, 6) is 1.70. The first-order valence-electron chi connectivity index (χ1n) is 9.77. The van der Waals surface area contributed by atoms with Crippen LogP contribution in [0.3, 0.4) is 0 Å². The van der Waals surface area contributed by atoms with Crippen LogP contribution in [0.4, 0.5) is 0 Å². The molecule has 0 heterocycles. The van der Waals surface area contributed by atoms with Gasteiger partial charge in [-0.2, -0.15) is 0 Å². The molecule has 0 saturated heterocycles. The molecule has 3 aliphatic carbocycles. The standard InChI is InChI=1S/C21H35N/c1-21(2,15-22)19-14-13-18(16-9-5-3-6-10-16)20(19)17-11-7-4-8-12-17/h13,16-17H,3-12,14-15,22H2,1-2H3. The van der Waals surface area contributed by atoms with E-state index in [2.05, 4.69) is 19.9 Å². The van der Waals surface area contributed by atoms with Gasteiger partial charge in [-0.05, 0) is 60.5 Å². The van der Waals surface area contributed by atoms with Crippen molar-refractivity contribution in [3.05, 3.63) is 22.8 Å². The van der Waals surface area contributed by atoms with E-state index in [9.17, 15) is 0 Å². The van der Waals surface area contributed by atoms with E-state index in [1.54, 1.807) is 16.7 Å². The van der Waals surface area contributed by atoms with Crippen LogP contribution >= 0.6 is 0 Å². The normalized spacial score (nSPS) is 25.7. The van der Waals surface area contributed by atoms with E-state index in [1.165, 1.54) is 70.6 Å². The SMILES string of the molecule is CC(C)(CN)C1=C(C2CCCCC2)C(C2CCCCC2)=CC1. The summed E-state index contributed by atoms with van der Waals surface area (Å²) in [4.78, 5) is 0. The molecule has 0 aromatic carbocycles. The largest absolute Gasteiger partial charge is 0.330 e. The van der Waals surface area contributed by atoms with Crippen molar-refractivity contribution >= 4 is 0 Å². The van der Waals surface area contributed by atoms with Gasteiger partial charge >= 0.3 is 0 Å². The predicted molar refractivity (Wildman–Crippen MR) is 95.7 cm³/mol. The molecule has 0 radical (unpaired) electrons. The smallest absolute Gasteiger partial charge is 0.00119 e.